The maximum Gasteiger partial charge on any atom is 0.0406 e. The van der Waals surface area contributed by atoms with E-state index in [1.807, 2.05) is 12.1 Å². The first-order valence-corrected chi connectivity index (χ1v) is 7.82. The summed E-state index contributed by atoms with van der Waals surface area (Å²) in [5.74, 6) is 0.954. The van der Waals surface area contributed by atoms with Crippen molar-refractivity contribution >= 4 is 50.5 Å². The molecule has 0 N–H and O–H groups in total. The summed E-state index contributed by atoms with van der Waals surface area (Å²) in [5, 5.41) is 2.85. The standard InChI is InChI=1S/C13H11BrCl2S/c14-12-5-6-17-13(12)7-10(8-15)9-1-3-11(16)4-2-9/h1-6,10H,7-8H2. The Morgan fingerprint density at radius 2 is 1.88 bits per heavy atom. The highest BCUT2D eigenvalue weighted by Gasteiger charge is 2.13. The molecule has 2 rings (SSSR count). The molecule has 1 unspecified atom stereocenters. The quantitative estimate of drug-likeness (QED) is 0.618. The van der Waals surface area contributed by atoms with Crippen molar-refractivity contribution in [3.05, 3.63) is 55.6 Å². The second kappa shape index (κ2) is 6.24. The minimum absolute atomic E-state index is 0.337. The van der Waals surface area contributed by atoms with Gasteiger partial charge in [-0.25, -0.2) is 0 Å². The molecule has 0 amide bonds. The number of benzene rings is 1. The molecule has 0 bridgehead atoms. The van der Waals surface area contributed by atoms with E-state index in [-0.39, 0.29) is 0 Å². The van der Waals surface area contributed by atoms with Crippen LogP contribution in [0.15, 0.2) is 40.2 Å². The fourth-order valence-electron chi connectivity index (χ4n) is 1.69. The highest BCUT2D eigenvalue weighted by molar-refractivity contribution is 9.10. The van der Waals surface area contributed by atoms with E-state index in [0.29, 0.717) is 11.8 Å². The first-order chi connectivity index (χ1) is 8.20. The lowest BCUT2D eigenvalue weighted by Gasteiger charge is -2.13. The molecule has 90 valence electrons. The Balaban J connectivity index is 2.17. The predicted molar refractivity (Wildman–Crippen MR) is 80.6 cm³/mol. The molecule has 0 saturated heterocycles. The predicted octanol–water partition coefficient (Wildman–Crippen LogP) is 5.73. The van der Waals surface area contributed by atoms with Crippen LogP contribution in [0, 0.1) is 0 Å². The Hall–Kier alpha value is -0.0200. The summed E-state index contributed by atoms with van der Waals surface area (Å²) >= 11 is 17.3. The highest BCUT2D eigenvalue weighted by atomic mass is 79.9. The number of alkyl halides is 1. The first kappa shape index (κ1) is 13.4. The molecule has 0 fully saturated rings. The van der Waals surface area contributed by atoms with Gasteiger partial charge in [0.25, 0.3) is 0 Å². The topological polar surface area (TPSA) is 0 Å². The molecule has 0 aliphatic heterocycles. The van der Waals surface area contributed by atoms with Gasteiger partial charge in [0.1, 0.15) is 0 Å². The molecule has 0 spiro atoms. The van der Waals surface area contributed by atoms with E-state index >= 15 is 0 Å². The summed E-state index contributed by atoms with van der Waals surface area (Å²) in [6, 6.07) is 10.0. The zero-order chi connectivity index (χ0) is 12.3. The van der Waals surface area contributed by atoms with Gasteiger partial charge < -0.3 is 0 Å². The van der Waals surface area contributed by atoms with E-state index in [9.17, 15) is 0 Å². The van der Waals surface area contributed by atoms with Gasteiger partial charge in [0.2, 0.25) is 0 Å². The lowest BCUT2D eigenvalue weighted by molar-refractivity contribution is 0.774. The van der Waals surface area contributed by atoms with Crippen LogP contribution in [0.1, 0.15) is 16.4 Å². The van der Waals surface area contributed by atoms with Crippen LogP contribution in [-0.2, 0) is 6.42 Å². The van der Waals surface area contributed by atoms with Crippen molar-refractivity contribution in [2.45, 2.75) is 12.3 Å². The molecular weight excluding hydrogens is 339 g/mol. The summed E-state index contributed by atoms with van der Waals surface area (Å²) in [6.07, 6.45) is 0.962. The fourth-order valence-corrected chi connectivity index (χ4v) is 3.70. The van der Waals surface area contributed by atoms with Crippen LogP contribution >= 0.6 is 50.5 Å². The van der Waals surface area contributed by atoms with Crippen molar-refractivity contribution in [1.82, 2.24) is 0 Å². The van der Waals surface area contributed by atoms with E-state index < -0.39 is 0 Å². The van der Waals surface area contributed by atoms with Crippen molar-refractivity contribution in [3.63, 3.8) is 0 Å². The molecule has 0 nitrogen and oxygen atoms in total. The summed E-state index contributed by atoms with van der Waals surface area (Å²) in [7, 11) is 0. The molecular formula is C13H11BrCl2S. The molecule has 1 aromatic carbocycles. The minimum atomic E-state index is 0.337. The summed E-state index contributed by atoms with van der Waals surface area (Å²) in [6.45, 7) is 0. The zero-order valence-corrected chi connectivity index (χ0v) is 12.9. The van der Waals surface area contributed by atoms with E-state index in [4.69, 9.17) is 23.2 Å². The van der Waals surface area contributed by atoms with Crippen molar-refractivity contribution in [1.29, 1.82) is 0 Å². The number of halogens is 3. The lowest BCUT2D eigenvalue weighted by Crippen LogP contribution is -2.03. The summed E-state index contributed by atoms with van der Waals surface area (Å²) in [5.41, 5.74) is 1.24. The summed E-state index contributed by atoms with van der Waals surface area (Å²) < 4.78 is 1.17. The normalized spacial score (nSPS) is 12.6. The highest BCUT2D eigenvalue weighted by Crippen LogP contribution is 2.30. The van der Waals surface area contributed by atoms with Crippen LogP contribution in [0.2, 0.25) is 5.02 Å². The van der Waals surface area contributed by atoms with Gasteiger partial charge in [-0.1, -0.05) is 23.7 Å². The van der Waals surface area contributed by atoms with Gasteiger partial charge in [0.15, 0.2) is 0 Å². The summed E-state index contributed by atoms with van der Waals surface area (Å²) in [4.78, 5) is 1.34. The van der Waals surface area contributed by atoms with Crippen molar-refractivity contribution in [3.8, 4) is 0 Å². The third kappa shape index (κ3) is 3.47. The largest absolute Gasteiger partial charge is 0.148 e. The van der Waals surface area contributed by atoms with Crippen LogP contribution in [0.4, 0.5) is 0 Å². The molecule has 0 saturated carbocycles. The number of rotatable bonds is 4. The minimum Gasteiger partial charge on any atom is -0.148 e. The molecule has 1 atom stereocenters. The zero-order valence-electron chi connectivity index (χ0n) is 9.00. The second-order valence-electron chi connectivity index (χ2n) is 3.80. The third-order valence-corrected chi connectivity index (χ3v) is 5.22. The Bertz CT molecular complexity index is 478. The number of thiophene rings is 1. The van der Waals surface area contributed by atoms with E-state index in [2.05, 4.69) is 39.5 Å². The average Bonchev–Trinajstić information content (AvgIpc) is 2.73. The maximum atomic E-state index is 6.07. The van der Waals surface area contributed by atoms with Crippen molar-refractivity contribution in [2.75, 3.05) is 5.88 Å². The molecule has 1 aromatic heterocycles. The first-order valence-electron chi connectivity index (χ1n) is 5.24. The molecule has 4 heteroatoms. The van der Waals surface area contributed by atoms with E-state index in [1.165, 1.54) is 14.9 Å². The van der Waals surface area contributed by atoms with Gasteiger partial charge in [-0.15, -0.1) is 22.9 Å². The smallest absolute Gasteiger partial charge is 0.0406 e. The van der Waals surface area contributed by atoms with Gasteiger partial charge in [0, 0.05) is 26.2 Å². The Morgan fingerprint density at radius 3 is 2.41 bits per heavy atom. The molecule has 17 heavy (non-hydrogen) atoms. The molecule has 2 aromatic rings. The SMILES string of the molecule is ClCC(Cc1sccc1Br)c1ccc(Cl)cc1. The van der Waals surface area contributed by atoms with E-state index in [1.54, 1.807) is 11.3 Å². The fraction of sp³-hybridized carbons (Fsp3) is 0.231. The molecule has 0 aliphatic carbocycles. The molecule has 1 heterocycles. The van der Waals surface area contributed by atoms with Crippen molar-refractivity contribution < 1.29 is 0 Å². The Labute approximate surface area is 124 Å². The molecule has 0 aliphatic rings. The average molecular weight is 350 g/mol. The Morgan fingerprint density at radius 1 is 1.18 bits per heavy atom. The maximum absolute atomic E-state index is 6.07. The van der Waals surface area contributed by atoms with Gasteiger partial charge in [-0.05, 0) is 51.5 Å². The third-order valence-electron chi connectivity index (χ3n) is 2.65. The van der Waals surface area contributed by atoms with Crippen LogP contribution in [0.5, 0.6) is 0 Å². The second-order valence-corrected chi connectivity index (χ2v) is 6.40. The monoisotopic (exact) mass is 348 g/mol. The van der Waals surface area contributed by atoms with Crippen LogP contribution in [0.3, 0.4) is 0 Å². The number of hydrogen-bond acceptors (Lipinski definition) is 1. The van der Waals surface area contributed by atoms with Gasteiger partial charge >= 0.3 is 0 Å². The van der Waals surface area contributed by atoms with Crippen LogP contribution in [0.25, 0.3) is 0 Å². The number of hydrogen-bond donors (Lipinski definition) is 0. The Kier molecular flexibility index (Phi) is 4.92. The van der Waals surface area contributed by atoms with E-state index in [0.717, 1.165) is 11.4 Å². The van der Waals surface area contributed by atoms with Crippen LogP contribution in [-0.4, -0.2) is 5.88 Å². The lowest BCUT2D eigenvalue weighted by atomic mass is 9.97. The molecule has 0 radical (unpaired) electrons. The van der Waals surface area contributed by atoms with Crippen molar-refractivity contribution in [2.24, 2.45) is 0 Å². The van der Waals surface area contributed by atoms with Gasteiger partial charge in [-0.3, -0.25) is 0 Å². The van der Waals surface area contributed by atoms with Crippen LogP contribution < -0.4 is 0 Å². The van der Waals surface area contributed by atoms with Gasteiger partial charge in [0.05, 0.1) is 0 Å². The van der Waals surface area contributed by atoms with Gasteiger partial charge in [-0.2, -0.15) is 0 Å².